The first-order valence-corrected chi connectivity index (χ1v) is 9.86. The van der Waals surface area contributed by atoms with Gasteiger partial charge in [-0.15, -0.1) is 24.0 Å². The molecule has 0 aromatic carbocycles. The van der Waals surface area contributed by atoms with Crippen molar-refractivity contribution in [3.63, 3.8) is 0 Å². The van der Waals surface area contributed by atoms with Gasteiger partial charge in [0.05, 0.1) is 12.2 Å². The topological polar surface area (TPSA) is 48.9 Å². The molecule has 1 heterocycles. The lowest BCUT2D eigenvalue weighted by Gasteiger charge is -2.35. The molecule has 138 valence electrons. The average molecular weight is 458 g/mol. The van der Waals surface area contributed by atoms with E-state index in [9.17, 15) is 0 Å². The number of halogens is 1. The van der Waals surface area contributed by atoms with Crippen molar-refractivity contribution in [1.29, 1.82) is 0 Å². The molecule has 2 N–H and O–H groups in total. The molecule has 0 aromatic rings. The number of aliphatic imine (C=N–C) groups is 1. The predicted octanol–water partition coefficient (Wildman–Crippen LogP) is 2.41. The Morgan fingerprint density at radius 2 is 1.74 bits per heavy atom. The third kappa shape index (κ3) is 11.4. The fourth-order valence-corrected chi connectivity index (χ4v) is 3.27. The highest BCUT2D eigenvalue weighted by Crippen LogP contribution is 2.10. The second-order valence-electron chi connectivity index (χ2n) is 6.00. The molecule has 1 saturated heterocycles. The van der Waals surface area contributed by atoms with Gasteiger partial charge in [-0.25, -0.2) is 0 Å². The van der Waals surface area contributed by atoms with Gasteiger partial charge in [-0.1, -0.05) is 0 Å². The zero-order chi connectivity index (χ0) is 16.2. The normalized spacial score (nSPS) is 22.5. The van der Waals surface area contributed by atoms with Crippen LogP contribution in [0.4, 0.5) is 0 Å². The lowest BCUT2D eigenvalue weighted by atomic mass is 10.2. The first-order chi connectivity index (χ1) is 10.7. The number of nitrogens with one attached hydrogen (secondary N) is 2. The number of rotatable bonds is 9. The van der Waals surface area contributed by atoms with Gasteiger partial charge >= 0.3 is 0 Å². The molecule has 7 heteroatoms. The van der Waals surface area contributed by atoms with Gasteiger partial charge < -0.3 is 15.4 Å². The van der Waals surface area contributed by atoms with E-state index in [1.807, 2.05) is 18.8 Å². The van der Waals surface area contributed by atoms with Gasteiger partial charge in [0.25, 0.3) is 0 Å². The van der Waals surface area contributed by atoms with E-state index in [-0.39, 0.29) is 24.0 Å². The lowest BCUT2D eigenvalue weighted by Crippen LogP contribution is -2.46. The van der Waals surface area contributed by atoms with Crippen LogP contribution in [0.25, 0.3) is 0 Å². The fourth-order valence-electron chi connectivity index (χ4n) is 2.78. The minimum Gasteiger partial charge on any atom is -0.373 e. The average Bonchev–Trinajstić information content (AvgIpc) is 2.48. The Kier molecular flexibility index (Phi) is 14.8. The molecule has 2 atom stereocenters. The fraction of sp³-hybridized carbons (Fsp3) is 0.938. The van der Waals surface area contributed by atoms with Crippen LogP contribution in [0.5, 0.6) is 0 Å². The molecule has 0 aliphatic carbocycles. The molecule has 0 aromatic heterocycles. The van der Waals surface area contributed by atoms with Crippen LogP contribution in [0.2, 0.25) is 0 Å². The summed E-state index contributed by atoms with van der Waals surface area (Å²) in [5.41, 5.74) is 0. The van der Waals surface area contributed by atoms with Crippen LogP contribution in [-0.4, -0.2) is 74.8 Å². The third-order valence-electron chi connectivity index (χ3n) is 3.73. The molecule has 5 nitrogen and oxygen atoms in total. The van der Waals surface area contributed by atoms with Crippen molar-refractivity contribution in [1.82, 2.24) is 15.5 Å². The summed E-state index contributed by atoms with van der Waals surface area (Å²) in [7, 11) is 1.84. The Morgan fingerprint density at radius 3 is 2.30 bits per heavy atom. The highest BCUT2D eigenvalue weighted by atomic mass is 127. The number of guanidine groups is 1. The van der Waals surface area contributed by atoms with Crippen molar-refractivity contribution in [2.75, 3.05) is 51.8 Å². The van der Waals surface area contributed by atoms with E-state index in [1.54, 1.807) is 0 Å². The minimum absolute atomic E-state index is 0. The van der Waals surface area contributed by atoms with Gasteiger partial charge in [0.1, 0.15) is 0 Å². The SMILES string of the molecule is CN=C(NCCCCSC)NCCCN1CC(C)OC(C)C1.I. The van der Waals surface area contributed by atoms with Gasteiger partial charge in [0, 0.05) is 39.8 Å². The van der Waals surface area contributed by atoms with E-state index in [0.717, 1.165) is 45.1 Å². The maximum atomic E-state index is 5.76. The number of thioether (sulfide) groups is 1. The van der Waals surface area contributed by atoms with Crippen LogP contribution in [0.15, 0.2) is 4.99 Å². The molecule has 1 aliphatic rings. The first kappa shape index (κ1) is 23.3. The lowest BCUT2D eigenvalue weighted by molar-refractivity contribution is -0.0679. The van der Waals surface area contributed by atoms with Crippen molar-refractivity contribution in [3.8, 4) is 0 Å². The molecule has 23 heavy (non-hydrogen) atoms. The van der Waals surface area contributed by atoms with Crippen molar-refractivity contribution in [3.05, 3.63) is 0 Å². The molecular formula is C16H35IN4OS. The van der Waals surface area contributed by atoms with Gasteiger partial charge in [-0.3, -0.25) is 9.89 Å². The molecule has 0 amide bonds. The number of morpholine rings is 1. The van der Waals surface area contributed by atoms with Crippen molar-refractivity contribution in [2.24, 2.45) is 4.99 Å². The van der Waals surface area contributed by atoms with E-state index < -0.39 is 0 Å². The zero-order valence-electron chi connectivity index (χ0n) is 15.1. The summed E-state index contributed by atoms with van der Waals surface area (Å²) in [5.74, 6) is 2.16. The quantitative estimate of drug-likeness (QED) is 0.241. The van der Waals surface area contributed by atoms with Crippen molar-refractivity contribution >= 4 is 41.7 Å². The van der Waals surface area contributed by atoms with Crippen LogP contribution in [0, 0.1) is 0 Å². The van der Waals surface area contributed by atoms with Crippen LogP contribution in [-0.2, 0) is 4.74 Å². The minimum atomic E-state index is 0. The summed E-state index contributed by atoms with van der Waals surface area (Å²) in [6.07, 6.45) is 6.46. The first-order valence-electron chi connectivity index (χ1n) is 8.47. The Balaban J connectivity index is 0.00000484. The standard InChI is InChI=1S/C16H34N4OS.HI/c1-14-12-20(13-15(2)21-14)10-7-9-19-16(17-3)18-8-5-6-11-22-4;/h14-15H,5-13H2,1-4H3,(H2,17,18,19);1H. The number of hydrogen-bond acceptors (Lipinski definition) is 4. The number of ether oxygens (including phenoxy) is 1. The van der Waals surface area contributed by atoms with Gasteiger partial charge in [0.2, 0.25) is 0 Å². The van der Waals surface area contributed by atoms with Crippen LogP contribution in [0.1, 0.15) is 33.1 Å². The Labute approximate surface area is 163 Å². The Hall–Kier alpha value is 0.270. The predicted molar refractivity (Wildman–Crippen MR) is 113 cm³/mol. The molecule has 1 fully saturated rings. The molecule has 1 rings (SSSR count). The summed E-state index contributed by atoms with van der Waals surface area (Å²) in [4.78, 5) is 6.77. The smallest absolute Gasteiger partial charge is 0.190 e. The van der Waals surface area contributed by atoms with Crippen LogP contribution >= 0.6 is 35.7 Å². The van der Waals surface area contributed by atoms with Crippen LogP contribution < -0.4 is 10.6 Å². The van der Waals surface area contributed by atoms with Crippen molar-refractivity contribution in [2.45, 2.75) is 45.3 Å². The van der Waals surface area contributed by atoms with E-state index in [0.29, 0.717) is 12.2 Å². The Bertz CT molecular complexity index is 310. The third-order valence-corrected chi connectivity index (χ3v) is 4.43. The summed E-state index contributed by atoms with van der Waals surface area (Å²) >= 11 is 1.91. The monoisotopic (exact) mass is 458 g/mol. The van der Waals surface area contributed by atoms with E-state index >= 15 is 0 Å². The van der Waals surface area contributed by atoms with E-state index in [4.69, 9.17) is 4.74 Å². The molecule has 0 bridgehead atoms. The number of unbranched alkanes of at least 4 members (excludes halogenated alkanes) is 1. The second-order valence-corrected chi connectivity index (χ2v) is 6.98. The highest BCUT2D eigenvalue weighted by molar-refractivity contribution is 14.0. The maximum absolute atomic E-state index is 5.76. The summed E-state index contributed by atoms with van der Waals surface area (Å²) in [5, 5.41) is 6.77. The molecule has 0 radical (unpaired) electrons. The van der Waals surface area contributed by atoms with Crippen LogP contribution in [0.3, 0.4) is 0 Å². The molecule has 2 unspecified atom stereocenters. The largest absolute Gasteiger partial charge is 0.373 e. The number of hydrogen-bond donors (Lipinski definition) is 2. The Morgan fingerprint density at radius 1 is 1.13 bits per heavy atom. The van der Waals surface area contributed by atoms with E-state index in [1.165, 1.54) is 18.6 Å². The van der Waals surface area contributed by atoms with Gasteiger partial charge in [-0.2, -0.15) is 11.8 Å². The summed E-state index contributed by atoms with van der Waals surface area (Å²) in [6, 6.07) is 0. The molecule has 0 spiro atoms. The van der Waals surface area contributed by atoms with E-state index in [2.05, 4.69) is 40.6 Å². The summed E-state index contributed by atoms with van der Waals surface area (Å²) < 4.78 is 5.76. The summed E-state index contributed by atoms with van der Waals surface area (Å²) in [6.45, 7) is 9.49. The van der Waals surface area contributed by atoms with Gasteiger partial charge in [-0.05, 0) is 45.1 Å². The zero-order valence-corrected chi connectivity index (χ0v) is 18.3. The molecular weight excluding hydrogens is 423 g/mol. The highest BCUT2D eigenvalue weighted by Gasteiger charge is 2.21. The molecule has 0 saturated carbocycles. The van der Waals surface area contributed by atoms with Crippen molar-refractivity contribution < 1.29 is 4.74 Å². The van der Waals surface area contributed by atoms with Gasteiger partial charge in [0.15, 0.2) is 5.96 Å². The maximum Gasteiger partial charge on any atom is 0.190 e. The second kappa shape index (κ2) is 14.6. The molecule has 1 aliphatic heterocycles. The number of nitrogens with zero attached hydrogens (tertiary/aromatic N) is 2.